The number of fused-ring (bicyclic) bond motifs is 8. The summed E-state index contributed by atoms with van der Waals surface area (Å²) >= 11 is 0. The summed E-state index contributed by atoms with van der Waals surface area (Å²) in [5, 5.41) is 33.2. The van der Waals surface area contributed by atoms with Crippen molar-refractivity contribution in [3.8, 4) is 0 Å². The van der Waals surface area contributed by atoms with E-state index in [4.69, 9.17) is 4.74 Å². The van der Waals surface area contributed by atoms with Crippen molar-refractivity contribution in [1.82, 2.24) is 19.9 Å². The number of hydrogen-bond donors (Lipinski definition) is 7. The second-order valence-electron chi connectivity index (χ2n) is 12.0. The van der Waals surface area contributed by atoms with Crippen LogP contribution in [0.5, 0.6) is 0 Å². The number of carbonyl (C=O) groups is 2. The summed E-state index contributed by atoms with van der Waals surface area (Å²) in [7, 11) is 1.68. The van der Waals surface area contributed by atoms with E-state index in [1.54, 1.807) is 14.0 Å². The second kappa shape index (κ2) is 12.5. The van der Waals surface area contributed by atoms with Gasteiger partial charge in [0.1, 0.15) is 0 Å². The van der Waals surface area contributed by atoms with E-state index in [1.165, 1.54) is 0 Å². The highest BCUT2D eigenvalue weighted by Gasteiger charge is 2.20. The Kier molecular flexibility index (Phi) is 8.82. The summed E-state index contributed by atoms with van der Waals surface area (Å²) in [4.78, 5) is 37.4. The maximum atomic E-state index is 11.6. The molecule has 4 aromatic heterocycles. The van der Waals surface area contributed by atoms with E-state index in [1.807, 2.05) is 52.0 Å². The van der Waals surface area contributed by atoms with Crippen molar-refractivity contribution in [1.29, 1.82) is 0 Å². The van der Waals surface area contributed by atoms with Crippen molar-refractivity contribution >= 4 is 36.2 Å². The van der Waals surface area contributed by atoms with Crippen molar-refractivity contribution in [3.63, 3.8) is 0 Å². The number of rotatable bonds is 9. The molecule has 10 heteroatoms. The molecule has 10 nitrogen and oxygen atoms in total. The number of aliphatic carboxylic acids is 2. The van der Waals surface area contributed by atoms with Gasteiger partial charge in [-0.1, -0.05) is 0 Å². The van der Waals surface area contributed by atoms with Gasteiger partial charge in [-0.2, -0.15) is 0 Å². The van der Waals surface area contributed by atoms with E-state index >= 15 is 0 Å². The van der Waals surface area contributed by atoms with Crippen molar-refractivity contribution in [2.45, 2.75) is 79.4 Å². The van der Waals surface area contributed by atoms with Crippen molar-refractivity contribution in [2.24, 2.45) is 0 Å². The summed E-state index contributed by atoms with van der Waals surface area (Å²) in [6.45, 7) is 11.7. The van der Waals surface area contributed by atoms with Crippen LogP contribution >= 0.6 is 0 Å². The largest absolute Gasteiger partial charge is 0.481 e. The molecule has 238 valence electrons. The van der Waals surface area contributed by atoms with Gasteiger partial charge in [0.15, 0.2) is 0 Å². The van der Waals surface area contributed by atoms with E-state index in [-0.39, 0.29) is 18.9 Å². The van der Waals surface area contributed by atoms with Crippen molar-refractivity contribution < 1.29 is 29.6 Å². The Balaban J connectivity index is 1.94. The Hall–Kier alpha value is -4.54. The number of hydrogen-bond acceptors (Lipinski definition) is 4. The second-order valence-corrected chi connectivity index (χ2v) is 12.0. The topological polar surface area (TPSA) is 167 Å². The third-order valence-corrected chi connectivity index (χ3v) is 9.15. The number of aromatic amines is 4. The number of aliphatic hydroxyl groups excluding tert-OH is 1. The molecular formula is C35H42N4O6. The third-order valence-electron chi connectivity index (χ3n) is 9.15. The van der Waals surface area contributed by atoms with Crippen LogP contribution in [0, 0.1) is 27.7 Å². The molecule has 1 aliphatic heterocycles. The SMILES string of the molecule is COC(C)c1c(C)c2[nH]c1=Cc1[nH]c(c(C(C)O)c1C)C=c1[nH]c(c(CCC(=O)O)c1C)=Cc1[nH]c(c(C)c1CCC(=O)O)C=2. The van der Waals surface area contributed by atoms with Gasteiger partial charge in [-0.15, -0.1) is 0 Å². The lowest BCUT2D eigenvalue weighted by Crippen LogP contribution is -2.14. The van der Waals surface area contributed by atoms with Gasteiger partial charge in [0, 0.05) is 75.3 Å². The van der Waals surface area contributed by atoms with Crippen LogP contribution in [-0.4, -0.2) is 54.3 Å². The van der Waals surface area contributed by atoms with Crippen LogP contribution < -0.4 is 21.4 Å². The third kappa shape index (κ3) is 6.08. The predicted molar refractivity (Wildman–Crippen MR) is 173 cm³/mol. The van der Waals surface area contributed by atoms with Gasteiger partial charge in [-0.3, -0.25) is 9.59 Å². The standard InChI is InChI=1S/C35H42N4O6/c1-16-22(8-10-32(41)42)28-15-29-23(9-11-33(43)44)17(2)25(37-29)13-30-34(20(5)40)18(3)27(38-30)14-31-35(21(6)45-7)19(4)26(39-31)12-24(16)36-28/h12-15,20-21,36-40H,8-11H2,1-7H3,(H,41,42)(H,43,44). The lowest BCUT2D eigenvalue weighted by molar-refractivity contribution is -0.138. The monoisotopic (exact) mass is 614 g/mol. The van der Waals surface area contributed by atoms with E-state index in [0.29, 0.717) is 12.8 Å². The highest BCUT2D eigenvalue weighted by atomic mass is 16.5. The molecule has 0 radical (unpaired) electrons. The molecule has 0 fully saturated rings. The highest BCUT2D eigenvalue weighted by Crippen LogP contribution is 2.27. The van der Waals surface area contributed by atoms with Crippen molar-refractivity contribution in [2.75, 3.05) is 7.11 Å². The zero-order valence-electron chi connectivity index (χ0n) is 26.9. The van der Waals surface area contributed by atoms with Gasteiger partial charge in [-0.25, -0.2) is 0 Å². The number of methoxy groups -OCH3 is 1. The van der Waals surface area contributed by atoms with Gasteiger partial charge < -0.3 is 40.0 Å². The summed E-state index contributed by atoms with van der Waals surface area (Å²) < 4.78 is 5.78. The number of aliphatic hydroxyl groups is 1. The Morgan fingerprint density at radius 2 is 1.16 bits per heavy atom. The number of nitrogens with one attached hydrogen (secondary N) is 4. The number of carboxylic acids is 2. The molecule has 0 aromatic carbocycles. The number of carboxylic acid groups (broad SMARTS) is 2. The lowest BCUT2D eigenvalue weighted by Gasteiger charge is -2.09. The fourth-order valence-corrected chi connectivity index (χ4v) is 6.58. The molecule has 0 saturated carbocycles. The van der Waals surface area contributed by atoms with Crippen LogP contribution in [0.4, 0.5) is 0 Å². The predicted octanol–water partition coefficient (Wildman–Crippen LogP) is 2.66. The van der Waals surface area contributed by atoms with Gasteiger partial charge in [-0.05, 0) is 112 Å². The number of ether oxygens (including phenoxy) is 1. The molecule has 45 heavy (non-hydrogen) atoms. The molecule has 0 amide bonds. The minimum atomic E-state index is -0.889. The Bertz CT molecular complexity index is 2050. The van der Waals surface area contributed by atoms with Crippen LogP contribution in [0.2, 0.25) is 0 Å². The Morgan fingerprint density at radius 3 is 1.78 bits per heavy atom. The van der Waals surface area contributed by atoms with Gasteiger partial charge >= 0.3 is 11.9 Å². The summed E-state index contributed by atoms with van der Waals surface area (Å²) in [6.07, 6.45) is 7.65. The molecule has 5 rings (SSSR count). The Morgan fingerprint density at radius 1 is 0.644 bits per heavy atom. The first kappa shape index (κ1) is 31.9. The first-order chi connectivity index (χ1) is 21.3. The zero-order chi connectivity index (χ0) is 32.7. The highest BCUT2D eigenvalue weighted by molar-refractivity contribution is 5.70. The average molecular weight is 615 g/mol. The first-order valence-electron chi connectivity index (χ1n) is 15.2. The molecule has 0 spiro atoms. The van der Waals surface area contributed by atoms with E-state index in [2.05, 4.69) is 26.9 Å². The number of H-pyrrole nitrogens is 4. The maximum absolute atomic E-state index is 11.6. The molecule has 2 atom stereocenters. The molecule has 0 saturated heterocycles. The van der Waals surface area contributed by atoms with E-state index in [0.717, 1.165) is 88.7 Å². The smallest absolute Gasteiger partial charge is 0.303 e. The molecule has 7 N–H and O–H groups in total. The van der Waals surface area contributed by atoms with Crippen LogP contribution in [0.3, 0.4) is 0 Å². The summed E-state index contributed by atoms with van der Waals surface area (Å²) in [6, 6.07) is 0. The molecule has 2 unspecified atom stereocenters. The van der Waals surface area contributed by atoms with Crippen molar-refractivity contribution in [3.05, 3.63) is 88.7 Å². The molecule has 0 aliphatic carbocycles. The first-order valence-corrected chi connectivity index (χ1v) is 15.2. The van der Waals surface area contributed by atoms with Crippen LogP contribution in [0.15, 0.2) is 0 Å². The lowest BCUT2D eigenvalue weighted by atomic mass is 10.0. The van der Waals surface area contributed by atoms with Gasteiger partial charge in [0.25, 0.3) is 0 Å². The minimum absolute atomic E-state index is 0.0276. The maximum Gasteiger partial charge on any atom is 0.303 e. The van der Waals surface area contributed by atoms with E-state index < -0.39 is 18.0 Å². The van der Waals surface area contributed by atoms with Crippen LogP contribution in [0.1, 0.15) is 106 Å². The van der Waals surface area contributed by atoms with Crippen LogP contribution in [0.25, 0.3) is 24.3 Å². The minimum Gasteiger partial charge on any atom is -0.481 e. The quantitative estimate of drug-likeness (QED) is 0.135. The molecular weight excluding hydrogens is 572 g/mol. The van der Waals surface area contributed by atoms with Gasteiger partial charge in [0.05, 0.1) is 12.2 Å². The fraction of sp³-hybridized carbons (Fsp3) is 0.371. The van der Waals surface area contributed by atoms with Crippen LogP contribution in [-0.2, 0) is 27.2 Å². The normalized spacial score (nSPS) is 13.8. The average Bonchev–Trinajstić information content (AvgIpc) is 3.63. The van der Waals surface area contributed by atoms with Gasteiger partial charge in [0.2, 0.25) is 0 Å². The fourth-order valence-electron chi connectivity index (χ4n) is 6.58. The zero-order valence-corrected chi connectivity index (χ0v) is 26.9. The number of aromatic nitrogens is 4. The summed E-state index contributed by atoms with van der Waals surface area (Å²) in [5.41, 5.74) is 10.5. The molecule has 1 aliphatic rings. The Labute approximate surface area is 260 Å². The summed E-state index contributed by atoms with van der Waals surface area (Å²) in [5.74, 6) is -1.77. The van der Waals surface area contributed by atoms with E-state index in [9.17, 15) is 24.9 Å². The molecule has 5 heterocycles. The molecule has 4 aromatic rings. The molecule has 8 bridgehead atoms.